The number of rotatable bonds is 4. The molecular weight excluding hydrogens is 284 g/mol. The Morgan fingerprint density at radius 2 is 1.95 bits per heavy atom. The van der Waals surface area contributed by atoms with Gasteiger partial charge in [-0.15, -0.1) is 0 Å². The normalized spacial score (nSPS) is 12.3. The van der Waals surface area contributed by atoms with Gasteiger partial charge in [0.25, 0.3) is 0 Å². The molecule has 0 saturated carbocycles. The van der Waals surface area contributed by atoms with Gasteiger partial charge < -0.3 is 13.9 Å². The fraction of sp³-hybridized carbons (Fsp3) is 0.294. The highest BCUT2D eigenvalue weighted by molar-refractivity contribution is 5.68. The number of furan rings is 1. The molecule has 2 atom stereocenters. The highest BCUT2D eigenvalue weighted by Gasteiger charge is 2.29. The van der Waals surface area contributed by atoms with Crippen molar-refractivity contribution in [2.75, 3.05) is 0 Å². The summed E-state index contributed by atoms with van der Waals surface area (Å²) in [5.74, 6) is 9.74. The monoisotopic (exact) mass is 300 g/mol. The molecule has 0 unspecified atom stereocenters. The van der Waals surface area contributed by atoms with Gasteiger partial charge in [-0.05, 0) is 42.9 Å². The predicted octanol–water partition coefficient (Wildman–Crippen LogP) is 2.40. The van der Waals surface area contributed by atoms with E-state index in [2.05, 4.69) is 23.7 Å². The van der Waals surface area contributed by atoms with Crippen molar-refractivity contribution in [3.05, 3.63) is 36.3 Å². The van der Waals surface area contributed by atoms with Gasteiger partial charge in [0.15, 0.2) is 0 Å². The molecule has 114 valence electrons. The molecule has 0 aromatic carbocycles. The van der Waals surface area contributed by atoms with Crippen LogP contribution in [-0.4, -0.2) is 18.0 Å². The number of carbonyl (C=O) groups is 2. The number of ether oxygens (including phenoxy) is 2. The fourth-order valence-corrected chi connectivity index (χ4v) is 1.52. The summed E-state index contributed by atoms with van der Waals surface area (Å²) >= 11 is 0. The van der Waals surface area contributed by atoms with Crippen LogP contribution in [0.3, 0.4) is 0 Å². The number of esters is 2. The van der Waals surface area contributed by atoms with E-state index in [0.29, 0.717) is 5.76 Å². The molecule has 0 N–H and O–H groups in total. The van der Waals surface area contributed by atoms with E-state index in [1.807, 2.05) is 6.92 Å². The van der Waals surface area contributed by atoms with Crippen LogP contribution in [0.5, 0.6) is 0 Å². The smallest absolute Gasteiger partial charge is 0.304 e. The minimum atomic E-state index is -1.01. The molecule has 1 aromatic heterocycles. The van der Waals surface area contributed by atoms with Crippen LogP contribution < -0.4 is 0 Å². The summed E-state index contributed by atoms with van der Waals surface area (Å²) in [4.78, 5) is 22.5. The van der Waals surface area contributed by atoms with Crippen molar-refractivity contribution in [3.63, 3.8) is 0 Å². The predicted molar refractivity (Wildman–Crippen MR) is 79.1 cm³/mol. The molecule has 1 rings (SSSR count). The van der Waals surface area contributed by atoms with Crippen LogP contribution in [0.2, 0.25) is 0 Å². The highest BCUT2D eigenvalue weighted by atomic mass is 16.6. The summed E-state index contributed by atoms with van der Waals surface area (Å²) < 4.78 is 15.5. The number of allylic oxidation sites excluding steroid dienone is 2. The van der Waals surface area contributed by atoms with Gasteiger partial charge in [0.05, 0.1) is 6.26 Å². The molecule has 0 amide bonds. The molecule has 0 saturated heterocycles. The lowest BCUT2D eigenvalue weighted by Crippen LogP contribution is -2.26. The second-order valence-electron chi connectivity index (χ2n) is 4.11. The molecule has 0 spiro atoms. The summed E-state index contributed by atoms with van der Waals surface area (Å²) in [6, 6.07) is 3.24. The Bertz CT molecular complexity index is 647. The largest absolute Gasteiger partial charge is 0.465 e. The van der Waals surface area contributed by atoms with Gasteiger partial charge >= 0.3 is 11.9 Å². The van der Waals surface area contributed by atoms with Crippen LogP contribution in [-0.2, 0) is 19.1 Å². The quantitative estimate of drug-likeness (QED) is 0.631. The van der Waals surface area contributed by atoms with Crippen LogP contribution in [0.25, 0.3) is 0 Å². The molecule has 0 fully saturated rings. The number of hydrogen-bond donors (Lipinski definition) is 0. The standard InChI is InChI=1S/C17H16O5/c1-4-5-6-7-8-10-16(21-13(2)18)17(22-14(3)19)15-11-9-12-20-15/h4-5,9,11-12,16-17H,1-3H3/t16-,17+/m1/s1. The van der Waals surface area contributed by atoms with Crippen LogP contribution in [0.15, 0.2) is 35.0 Å². The zero-order valence-corrected chi connectivity index (χ0v) is 12.6. The Hall–Kier alpha value is -2.92. The van der Waals surface area contributed by atoms with Crippen LogP contribution >= 0.6 is 0 Å². The maximum atomic E-state index is 11.3. The van der Waals surface area contributed by atoms with Crippen molar-refractivity contribution >= 4 is 11.9 Å². The third kappa shape index (κ3) is 6.02. The second-order valence-corrected chi connectivity index (χ2v) is 4.11. The molecule has 5 nitrogen and oxygen atoms in total. The van der Waals surface area contributed by atoms with Gasteiger partial charge in [-0.1, -0.05) is 12.0 Å². The zero-order chi connectivity index (χ0) is 16.4. The number of hydrogen-bond acceptors (Lipinski definition) is 5. The van der Waals surface area contributed by atoms with Crippen molar-refractivity contribution in [2.45, 2.75) is 33.0 Å². The average Bonchev–Trinajstić information content (AvgIpc) is 2.96. The van der Waals surface area contributed by atoms with Gasteiger partial charge in [-0.3, -0.25) is 9.59 Å². The fourth-order valence-electron chi connectivity index (χ4n) is 1.52. The van der Waals surface area contributed by atoms with Crippen molar-refractivity contribution < 1.29 is 23.5 Å². The summed E-state index contributed by atoms with van der Waals surface area (Å²) in [5.41, 5.74) is 0. The van der Waals surface area contributed by atoms with Crippen molar-refractivity contribution in [1.82, 2.24) is 0 Å². The summed E-state index contributed by atoms with van der Waals surface area (Å²) in [7, 11) is 0. The molecule has 0 aliphatic heterocycles. The van der Waals surface area contributed by atoms with Crippen molar-refractivity contribution in [2.24, 2.45) is 0 Å². The van der Waals surface area contributed by atoms with E-state index in [-0.39, 0.29) is 0 Å². The average molecular weight is 300 g/mol. The van der Waals surface area contributed by atoms with Gasteiger partial charge in [0.2, 0.25) is 12.2 Å². The van der Waals surface area contributed by atoms with E-state index in [1.165, 1.54) is 20.1 Å². The molecule has 1 heterocycles. The lowest BCUT2D eigenvalue weighted by atomic mass is 10.1. The molecule has 0 aliphatic carbocycles. The highest BCUT2D eigenvalue weighted by Crippen LogP contribution is 2.24. The van der Waals surface area contributed by atoms with E-state index in [4.69, 9.17) is 13.9 Å². The SMILES string of the molecule is CC=CC#CC#C[C@@H](OC(C)=O)[C@@H](OC(C)=O)c1ccco1. The molecule has 1 aromatic rings. The minimum Gasteiger partial charge on any atom is -0.465 e. The van der Waals surface area contributed by atoms with E-state index in [1.54, 1.807) is 24.3 Å². The molecular formula is C17H16O5. The molecule has 22 heavy (non-hydrogen) atoms. The first-order valence-corrected chi connectivity index (χ1v) is 6.54. The van der Waals surface area contributed by atoms with Gasteiger partial charge in [-0.2, -0.15) is 0 Å². The van der Waals surface area contributed by atoms with E-state index >= 15 is 0 Å². The van der Waals surface area contributed by atoms with Gasteiger partial charge in [0, 0.05) is 13.8 Å². The summed E-state index contributed by atoms with van der Waals surface area (Å²) in [5, 5.41) is 0. The van der Waals surface area contributed by atoms with Gasteiger partial charge in [0.1, 0.15) is 5.76 Å². The Labute approximate surface area is 129 Å². The first-order valence-electron chi connectivity index (χ1n) is 6.54. The lowest BCUT2D eigenvalue weighted by Gasteiger charge is -2.20. The third-order valence-corrected chi connectivity index (χ3v) is 2.28. The maximum Gasteiger partial charge on any atom is 0.304 e. The molecule has 0 aliphatic rings. The Kier molecular flexibility index (Phi) is 7.08. The van der Waals surface area contributed by atoms with E-state index in [9.17, 15) is 9.59 Å². The zero-order valence-electron chi connectivity index (χ0n) is 12.6. The molecule has 0 bridgehead atoms. The Balaban J connectivity index is 3.06. The molecule has 0 radical (unpaired) electrons. The first kappa shape index (κ1) is 17.1. The minimum absolute atomic E-state index is 0.331. The van der Waals surface area contributed by atoms with E-state index < -0.39 is 24.1 Å². The van der Waals surface area contributed by atoms with E-state index in [0.717, 1.165) is 0 Å². The third-order valence-electron chi connectivity index (χ3n) is 2.28. The van der Waals surface area contributed by atoms with Crippen LogP contribution in [0.4, 0.5) is 0 Å². The first-order chi connectivity index (χ1) is 10.5. The Morgan fingerprint density at radius 1 is 1.23 bits per heavy atom. The number of carbonyl (C=O) groups excluding carboxylic acids is 2. The second kappa shape index (κ2) is 9.10. The topological polar surface area (TPSA) is 65.7 Å². The lowest BCUT2D eigenvalue weighted by molar-refractivity contribution is -0.162. The van der Waals surface area contributed by atoms with Crippen LogP contribution in [0.1, 0.15) is 32.6 Å². The van der Waals surface area contributed by atoms with Gasteiger partial charge in [-0.25, -0.2) is 0 Å². The van der Waals surface area contributed by atoms with Crippen LogP contribution in [0, 0.1) is 23.7 Å². The van der Waals surface area contributed by atoms with Crippen molar-refractivity contribution in [3.8, 4) is 23.7 Å². The summed E-state index contributed by atoms with van der Waals surface area (Å²) in [6.45, 7) is 4.32. The van der Waals surface area contributed by atoms with Crippen molar-refractivity contribution in [1.29, 1.82) is 0 Å². The maximum absolute atomic E-state index is 11.3. The molecule has 5 heteroatoms. The summed E-state index contributed by atoms with van der Waals surface area (Å²) in [6.07, 6.45) is 2.87. The Morgan fingerprint density at radius 3 is 2.50 bits per heavy atom.